The summed E-state index contributed by atoms with van der Waals surface area (Å²) in [6, 6.07) is 5.03. The summed E-state index contributed by atoms with van der Waals surface area (Å²) >= 11 is 0. The summed E-state index contributed by atoms with van der Waals surface area (Å²) in [6.07, 6.45) is 1.35. The number of nitrogens with one attached hydrogen (secondary N) is 1. The van der Waals surface area contributed by atoms with Gasteiger partial charge in [-0.25, -0.2) is 21.6 Å². The van der Waals surface area contributed by atoms with Gasteiger partial charge in [0.1, 0.15) is 0 Å². The molecule has 106 valence electrons. The Morgan fingerprint density at radius 1 is 1.32 bits per heavy atom. The highest BCUT2D eigenvalue weighted by Gasteiger charge is 2.23. The third kappa shape index (κ3) is 3.34. The van der Waals surface area contributed by atoms with Crippen molar-refractivity contribution >= 4 is 19.9 Å². The van der Waals surface area contributed by atoms with E-state index >= 15 is 0 Å². The van der Waals surface area contributed by atoms with E-state index in [9.17, 15) is 16.8 Å². The van der Waals surface area contributed by atoms with Gasteiger partial charge in [0.15, 0.2) is 9.84 Å². The second kappa shape index (κ2) is 5.22. The molecule has 2 rings (SSSR count). The van der Waals surface area contributed by atoms with Crippen LogP contribution in [0.3, 0.4) is 0 Å². The van der Waals surface area contributed by atoms with E-state index in [0.717, 1.165) is 17.5 Å². The van der Waals surface area contributed by atoms with Gasteiger partial charge in [0.2, 0.25) is 10.0 Å². The van der Waals surface area contributed by atoms with E-state index in [0.29, 0.717) is 11.3 Å². The summed E-state index contributed by atoms with van der Waals surface area (Å²) in [4.78, 5) is 0.390. The first-order chi connectivity index (χ1) is 8.84. The SMILES string of the molecule is CCS(=O)(=O)NCc1ccc2c(c1)CCCS2(=O)=O. The summed E-state index contributed by atoms with van der Waals surface area (Å²) in [5.74, 6) is 0.230. The molecule has 1 aliphatic heterocycles. The number of sulfone groups is 1. The number of sulfonamides is 1. The van der Waals surface area contributed by atoms with Crippen molar-refractivity contribution in [2.24, 2.45) is 0 Å². The highest BCUT2D eigenvalue weighted by atomic mass is 32.2. The molecule has 1 aliphatic rings. The van der Waals surface area contributed by atoms with Gasteiger partial charge in [-0.15, -0.1) is 0 Å². The predicted molar refractivity (Wildman–Crippen MR) is 73.1 cm³/mol. The fourth-order valence-electron chi connectivity index (χ4n) is 2.10. The molecule has 1 heterocycles. The molecule has 19 heavy (non-hydrogen) atoms. The van der Waals surface area contributed by atoms with Gasteiger partial charge in [0.25, 0.3) is 0 Å². The van der Waals surface area contributed by atoms with Gasteiger partial charge in [0, 0.05) is 6.54 Å². The monoisotopic (exact) mass is 303 g/mol. The minimum absolute atomic E-state index is 0.0340. The van der Waals surface area contributed by atoms with Gasteiger partial charge >= 0.3 is 0 Å². The van der Waals surface area contributed by atoms with E-state index < -0.39 is 19.9 Å². The van der Waals surface area contributed by atoms with Crippen molar-refractivity contribution < 1.29 is 16.8 Å². The zero-order valence-corrected chi connectivity index (χ0v) is 12.4. The Morgan fingerprint density at radius 3 is 2.74 bits per heavy atom. The van der Waals surface area contributed by atoms with Gasteiger partial charge in [-0.1, -0.05) is 12.1 Å². The lowest BCUT2D eigenvalue weighted by Gasteiger charge is -2.17. The number of benzene rings is 1. The number of hydrogen-bond donors (Lipinski definition) is 1. The average molecular weight is 303 g/mol. The Hall–Kier alpha value is -0.920. The highest BCUT2D eigenvalue weighted by molar-refractivity contribution is 7.91. The van der Waals surface area contributed by atoms with Crippen LogP contribution >= 0.6 is 0 Å². The van der Waals surface area contributed by atoms with E-state index in [2.05, 4.69) is 4.72 Å². The molecule has 0 saturated carbocycles. The Balaban J connectivity index is 2.23. The molecule has 0 aliphatic carbocycles. The van der Waals surface area contributed by atoms with E-state index in [1.54, 1.807) is 25.1 Å². The van der Waals surface area contributed by atoms with Gasteiger partial charge in [-0.05, 0) is 37.0 Å². The predicted octanol–water partition coefficient (Wildman–Crippen LogP) is 0.846. The third-order valence-corrected chi connectivity index (χ3v) is 6.43. The molecule has 7 heteroatoms. The minimum atomic E-state index is -3.23. The van der Waals surface area contributed by atoms with Crippen LogP contribution in [0.4, 0.5) is 0 Å². The molecule has 0 amide bonds. The second-order valence-corrected chi connectivity index (χ2v) is 8.76. The van der Waals surface area contributed by atoms with E-state index in [1.165, 1.54) is 0 Å². The molecule has 5 nitrogen and oxygen atoms in total. The molecule has 0 bridgehead atoms. The molecule has 1 N–H and O–H groups in total. The van der Waals surface area contributed by atoms with Crippen molar-refractivity contribution in [1.82, 2.24) is 4.72 Å². The number of rotatable bonds is 4. The smallest absolute Gasteiger partial charge is 0.211 e. The fraction of sp³-hybridized carbons (Fsp3) is 0.500. The lowest BCUT2D eigenvalue weighted by molar-refractivity contribution is 0.580. The normalized spacial score (nSPS) is 17.9. The van der Waals surface area contributed by atoms with Gasteiger partial charge in [-0.3, -0.25) is 0 Å². The molecule has 0 fully saturated rings. The zero-order chi connectivity index (χ0) is 14.1. The number of aryl methyl sites for hydroxylation is 1. The molecule has 0 radical (unpaired) electrons. The number of hydrogen-bond acceptors (Lipinski definition) is 4. The standard InChI is InChI=1S/C12H17NO4S2/c1-2-19(16,17)13-9-10-5-6-12-11(8-10)4-3-7-18(12,14)15/h5-6,8,13H,2-4,7,9H2,1H3. The number of fused-ring (bicyclic) bond motifs is 1. The lowest BCUT2D eigenvalue weighted by Crippen LogP contribution is -2.25. The quantitative estimate of drug-likeness (QED) is 0.894. The summed E-state index contributed by atoms with van der Waals surface area (Å²) in [5.41, 5.74) is 1.58. The first-order valence-corrected chi connectivity index (χ1v) is 9.46. The van der Waals surface area contributed by atoms with Crippen LogP contribution in [0.15, 0.2) is 23.1 Å². The molecular formula is C12H17NO4S2. The molecular weight excluding hydrogens is 286 g/mol. The first kappa shape index (κ1) is 14.5. The Morgan fingerprint density at radius 2 is 2.05 bits per heavy atom. The van der Waals surface area contributed by atoms with Crippen molar-refractivity contribution in [2.45, 2.75) is 31.2 Å². The van der Waals surface area contributed by atoms with Crippen molar-refractivity contribution in [2.75, 3.05) is 11.5 Å². The van der Waals surface area contributed by atoms with Crippen LogP contribution in [0, 0.1) is 0 Å². The Kier molecular flexibility index (Phi) is 3.98. The maximum absolute atomic E-state index is 11.8. The summed E-state index contributed by atoms with van der Waals surface area (Å²) in [5, 5.41) is 0. The Bertz CT molecular complexity index is 678. The van der Waals surface area contributed by atoms with Crippen molar-refractivity contribution in [3.8, 4) is 0 Å². The molecule has 0 saturated heterocycles. The molecule has 0 atom stereocenters. The van der Waals surface area contributed by atoms with Crippen LogP contribution in [0.25, 0.3) is 0 Å². The van der Waals surface area contributed by atoms with Crippen LogP contribution in [-0.2, 0) is 32.8 Å². The van der Waals surface area contributed by atoms with E-state index in [1.807, 2.05) is 0 Å². The van der Waals surface area contributed by atoms with Gasteiger partial charge in [0.05, 0.1) is 16.4 Å². The minimum Gasteiger partial charge on any atom is -0.224 e. The third-order valence-electron chi connectivity index (χ3n) is 3.20. The summed E-state index contributed by atoms with van der Waals surface area (Å²) in [7, 11) is -6.38. The molecule has 1 aromatic carbocycles. The largest absolute Gasteiger partial charge is 0.224 e. The molecule has 0 unspecified atom stereocenters. The van der Waals surface area contributed by atoms with Crippen molar-refractivity contribution in [1.29, 1.82) is 0 Å². The zero-order valence-electron chi connectivity index (χ0n) is 10.7. The van der Waals surface area contributed by atoms with Crippen LogP contribution in [0.5, 0.6) is 0 Å². The van der Waals surface area contributed by atoms with Gasteiger partial charge in [-0.2, -0.15) is 0 Å². The van der Waals surface area contributed by atoms with E-state index in [4.69, 9.17) is 0 Å². The second-order valence-electron chi connectivity index (χ2n) is 4.59. The summed E-state index contributed by atoms with van der Waals surface area (Å²) < 4.78 is 48.9. The molecule has 0 aromatic heterocycles. The van der Waals surface area contributed by atoms with Crippen molar-refractivity contribution in [3.05, 3.63) is 29.3 Å². The topological polar surface area (TPSA) is 80.3 Å². The average Bonchev–Trinajstić information content (AvgIpc) is 2.36. The van der Waals surface area contributed by atoms with Gasteiger partial charge < -0.3 is 0 Å². The highest BCUT2D eigenvalue weighted by Crippen LogP contribution is 2.25. The Labute approximate surface area is 114 Å². The van der Waals surface area contributed by atoms with Crippen LogP contribution in [-0.4, -0.2) is 28.3 Å². The maximum Gasteiger partial charge on any atom is 0.211 e. The maximum atomic E-state index is 11.8. The lowest BCUT2D eigenvalue weighted by atomic mass is 10.1. The van der Waals surface area contributed by atoms with Crippen LogP contribution in [0.2, 0.25) is 0 Å². The fourth-order valence-corrected chi connectivity index (χ4v) is 4.27. The van der Waals surface area contributed by atoms with Crippen LogP contribution in [0.1, 0.15) is 24.5 Å². The van der Waals surface area contributed by atoms with Crippen LogP contribution < -0.4 is 4.72 Å². The molecule has 0 spiro atoms. The first-order valence-electron chi connectivity index (χ1n) is 6.16. The molecule has 1 aromatic rings. The van der Waals surface area contributed by atoms with E-state index in [-0.39, 0.29) is 18.1 Å². The summed E-state index contributed by atoms with van der Waals surface area (Å²) in [6.45, 7) is 1.77. The van der Waals surface area contributed by atoms with Crippen molar-refractivity contribution in [3.63, 3.8) is 0 Å².